The van der Waals surface area contributed by atoms with E-state index < -0.39 is 6.04 Å². The molecule has 1 atom stereocenters. The Morgan fingerprint density at radius 1 is 1.43 bits per heavy atom. The number of nitrogens with one attached hydrogen (secondary N) is 1. The molecule has 8 heteroatoms. The molecule has 132 valence electrons. The van der Waals surface area contributed by atoms with Gasteiger partial charge in [-0.3, -0.25) is 4.79 Å². The van der Waals surface area contributed by atoms with E-state index in [2.05, 4.69) is 15.2 Å². The van der Waals surface area contributed by atoms with Crippen molar-refractivity contribution in [3.8, 4) is 0 Å². The van der Waals surface area contributed by atoms with E-state index in [4.69, 9.17) is 10.5 Å². The molecule has 1 aromatic rings. The molecular weight excluding hydrogens is 339 g/mol. The minimum Gasteiger partial charge on any atom is -0.383 e. The van der Waals surface area contributed by atoms with E-state index in [1.165, 1.54) is 0 Å². The first-order chi connectivity index (χ1) is 10.1. The van der Waals surface area contributed by atoms with Gasteiger partial charge in [0.1, 0.15) is 11.9 Å². The number of carbonyl (C=O) groups excluding carboxylic acids is 1. The van der Waals surface area contributed by atoms with E-state index in [1.807, 2.05) is 25.1 Å². The normalized spacial score (nSPS) is 16.0. The molecule has 0 aromatic carbocycles. The summed E-state index contributed by atoms with van der Waals surface area (Å²) in [6.07, 6.45) is 1.81. The number of halogens is 2. The maximum absolute atomic E-state index is 11.9. The SMILES string of the molecule is COCC(N)C(=O)NC1CCN(c2cccc(C)n2)CC1.Cl.Cl. The third kappa shape index (κ3) is 6.51. The number of carbonyl (C=O) groups is 1. The van der Waals surface area contributed by atoms with Crippen molar-refractivity contribution in [3.05, 3.63) is 23.9 Å². The number of anilines is 1. The Hall–Kier alpha value is -1.08. The van der Waals surface area contributed by atoms with E-state index in [1.54, 1.807) is 7.11 Å². The summed E-state index contributed by atoms with van der Waals surface area (Å²) in [5.41, 5.74) is 6.74. The van der Waals surface area contributed by atoms with Crippen LogP contribution >= 0.6 is 24.8 Å². The van der Waals surface area contributed by atoms with Gasteiger partial charge in [0, 0.05) is 31.9 Å². The van der Waals surface area contributed by atoms with Crippen LogP contribution in [0.1, 0.15) is 18.5 Å². The van der Waals surface area contributed by atoms with Gasteiger partial charge in [0.15, 0.2) is 0 Å². The first-order valence-electron chi connectivity index (χ1n) is 7.33. The molecule has 2 heterocycles. The number of nitrogens with two attached hydrogens (primary N) is 1. The molecule has 0 radical (unpaired) electrons. The van der Waals surface area contributed by atoms with Gasteiger partial charge in [-0.15, -0.1) is 24.8 Å². The number of aromatic nitrogens is 1. The lowest BCUT2D eigenvalue weighted by molar-refractivity contribution is -0.124. The number of nitrogens with zero attached hydrogens (tertiary/aromatic N) is 2. The molecule has 1 unspecified atom stereocenters. The van der Waals surface area contributed by atoms with Gasteiger partial charge in [-0.05, 0) is 31.9 Å². The monoisotopic (exact) mass is 364 g/mol. The Kier molecular flexibility index (Phi) is 10.1. The van der Waals surface area contributed by atoms with Crippen molar-refractivity contribution < 1.29 is 9.53 Å². The molecule has 0 spiro atoms. The van der Waals surface area contributed by atoms with Gasteiger partial charge in [-0.2, -0.15) is 0 Å². The summed E-state index contributed by atoms with van der Waals surface area (Å²) in [4.78, 5) is 18.6. The third-order valence-corrected chi connectivity index (χ3v) is 3.72. The molecule has 1 aromatic heterocycles. The standard InChI is InChI=1S/C15H24N4O2.2ClH/c1-11-4-3-5-14(17-11)19-8-6-12(7-9-19)18-15(20)13(16)10-21-2;;/h3-5,12-13H,6-10,16H2,1-2H3,(H,18,20);2*1H. The second-order valence-corrected chi connectivity index (χ2v) is 5.47. The minimum absolute atomic E-state index is 0. The van der Waals surface area contributed by atoms with Gasteiger partial charge in [0.25, 0.3) is 0 Å². The number of hydrogen-bond donors (Lipinski definition) is 2. The molecule has 1 saturated heterocycles. The molecular formula is C15H26Cl2N4O2. The highest BCUT2D eigenvalue weighted by atomic mass is 35.5. The summed E-state index contributed by atoms with van der Waals surface area (Å²) in [6, 6.07) is 5.64. The van der Waals surface area contributed by atoms with Crippen molar-refractivity contribution >= 4 is 36.5 Å². The lowest BCUT2D eigenvalue weighted by Gasteiger charge is -2.33. The summed E-state index contributed by atoms with van der Waals surface area (Å²) < 4.78 is 4.90. The van der Waals surface area contributed by atoms with Crippen LogP contribution < -0.4 is 16.0 Å². The summed E-state index contributed by atoms with van der Waals surface area (Å²) in [6.45, 7) is 4.02. The van der Waals surface area contributed by atoms with Crippen molar-refractivity contribution in [3.63, 3.8) is 0 Å². The fourth-order valence-corrected chi connectivity index (χ4v) is 2.52. The number of methoxy groups -OCH3 is 1. The van der Waals surface area contributed by atoms with Crippen molar-refractivity contribution in [2.75, 3.05) is 31.7 Å². The van der Waals surface area contributed by atoms with Crippen molar-refractivity contribution in [2.24, 2.45) is 5.73 Å². The number of ether oxygens (including phenoxy) is 1. The van der Waals surface area contributed by atoms with Gasteiger partial charge < -0.3 is 20.7 Å². The van der Waals surface area contributed by atoms with E-state index in [-0.39, 0.29) is 43.4 Å². The van der Waals surface area contributed by atoms with Crippen LogP contribution in [0, 0.1) is 6.92 Å². The Morgan fingerprint density at radius 2 is 2.09 bits per heavy atom. The molecule has 23 heavy (non-hydrogen) atoms. The summed E-state index contributed by atoms with van der Waals surface area (Å²) in [7, 11) is 1.54. The summed E-state index contributed by atoms with van der Waals surface area (Å²) in [5, 5.41) is 3.00. The molecule has 0 saturated carbocycles. The topological polar surface area (TPSA) is 80.5 Å². The van der Waals surface area contributed by atoms with Gasteiger partial charge in [-0.25, -0.2) is 4.98 Å². The molecule has 1 amide bonds. The minimum atomic E-state index is -0.591. The number of aryl methyl sites for hydroxylation is 1. The second kappa shape index (κ2) is 10.6. The van der Waals surface area contributed by atoms with Gasteiger partial charge in [-0.1, -0.05) is 6.07 Å². The molecule has 1 fully saturated rings. The Bertz CT molecular complexity index is 482. The largest absolute Gasteiger partial charge is 0.383 e. The van der Waals surface area contributed by atoms with Gasteiger partial charge in [0.05, 0.1) is 6.61 Å². The van der Waals surface area contributed by atoms with Crippen LogP contribution in [-0.2, 0) is 9.53 Å². The molecule has 6 nitrogen and oxygen atoms in total. The van der Waals surface area contributed by atoms with Gasteiger partial charge >= 0.3 is 0 Å². The molecule has 1 aliphatic rings. The summed E-state index contributed by atoms with van der Waals surface area (Å²) in [5.74, 6) is 0.875. The second-order valence-electron chi connectivity index (χ2n) is 5.47. The first kappa shape index (κ1) is 21.9. The number of pyridine rings is 1. The Balaban J connectivity index is 0.00000242. The quantitative estimate of drug-likeness (QED) is 0.822. The van der Waals surface area contributed by atoms with Crippen LogP contribution in [0.3, 0.4) is 0 Å². The molecule has 0 aliphatic carbocycles. The number of amides is 1. The molecule has 3 N–H and O–H groups in total. The lowest BCUT2D eigenvalue weighted by atomic mass is 10.0. The van der Waals surface area contributed by atoms with Crippen LogP contribution in [-0.4, -0.2) is 49.8 Å². The molecule has 1 aliphatic heterocycles. The van der Waals surface area contributed by atoms with Gasteiger partial charge in [0.2, 0.25) is 5.91 Å². The maximum Gasteiger partial charge on any atom is 0.239 e. The lowest BCUT2D eigenvalue weighted by Crippen LogP contribution is -2.51. The van der Waals surface area contributed by atoms with Crippen LogP contribution in [0.5, 0.6) is 0 Å². The zero-order valence-electron chi connectivity index (χ0n) is 13.5. The predicted molar refractivity (Wildman–Crippen MR) is 96.7 cm³/mol. The van der Waals surface area contributed by atoms with Crippen LogP contribution in [0.15, 0.2) is 18.2 Å². The predicted octanol–water partition coefficient (Wildman–Crippen LogP) is 1.29. The average molecular weight is 365 g/mol. The zero-order valence-corrected chi connectivity index (χ0v) is 15.2. The zero-order chi connectivity index (χ0) is 15.2. The van der Waals surface area contributed by atoms with E-state index in [0.29, 0.717) is 0 Å². The van der Waals surface area contributed by atoms with Crippen molar-refractivity contribution in [2.45, 2.75) is 31.8 Å². The summed E-state index contributed by atoms with van der Waals surface area (Å²) >= 11 is 0. The maximum atomic E-state index is 11.9. The van der Waals surface area contributed by atoms with Crippen LogP contribution in [0.4, 0.5) is 5.82 Å². The fraction of sp³-hybridized carbons (Fsp3) is 0.600. The average Bonchev–Trinajstić information content (AvgIpc) is 2.48. The van der Waals surface area contributed by atoms with E-state index in [0.717, 1.165) is 37.4 Å². The smallest absolute Gasteiger partial charge is 0.239 e. The van der Waals surface area contributed by atoms with E-state index in [9.17, 15) is 4.79 Å². The first-order valence-corrected chi connectivity index (χ1v) is 7.33. The van der Waals surface area contributed by atoms with Crippen molar-refractivity contribution in [1.29, 1.82) is 0 Å². The molecule has 2 rings (SSSR count). The fourth-order valence-electron chi connectivity index (χ4n) is 2.52. The Labute approximate surface area is 150 Å². The van der Waals surface area contributed by atoms with Crippen molar-refractivity contribution in [1.82, 2.24) is 10.3 Å². The number of piperidine rings is 1. The highest BCUT2D eigenvalue weighted by molar-refractivity contribution is 5.85. The van der Waals surface area contributed by atoms with E-state index >= 15 is 0 Å². The highest BCUT2D eigenvalue weighted by Gasteiger charge is 2.23. The highest BCUT2D eigenvalue weighted by Crippen LogP contribution is 2.18. The van der Waals surface area contributed by atoms with Crippen LogP contribution in [0.2, 0.25) is 0 Å². The Morgan fingerprint density at radius 3 is 2.65 bits per heavy atom. The van der Waals surface area contributed by atoms with Crippen LogP contribution in [0.25, 0.3) is 0 Å². The number of rotatable bonds is 5. The molecule has 0 bridgehead atoms. The third-order valence-electron chi connectivity index (χ3n) is 3.72. The number of hydrogen-bond acceptors (Lipinski definition) is 5.